The van der Waals surface area contributed by atoms with E-state index in [0.29, 0.717) is 17.3 Å². The molecule has 1 heterocycles. The first-order valence-corrected chi connectivity index (χ1v) is 6.99. The number of carbonyl (C=O) groups excluding carboxylic acids is 1. The number of aryl methyl sites for hydroxylation is 2. The van der Waals surface area contributed by atoms with Crippen LogP contribution in [0.1, 0.15) is 24.0 Å². The summed E-state index contributed by atoms with van der Waals surface area (Å²) in [6.45, 7) is 1.86. The van der Waals surface area contributed by atoms with Gasteiger partial charge in [0, 0.05) is 6.42 Å². The lowest BCUT2D eigenvalue weighted by Crippen LogP contribution is -2.11. The second-order valence-corrected chi connectivity index (χ2v) is 5.08. The third-order valence-corrected chi connectivity index (χ3v) is 3.41. The molecule has 0 aliphatic rings. The van der Waals surface area contributed by atoms with Gasteiger partial charge in [-0.05, 0) is 37.0 Å². The molecule has 0 unspecified atom stereocenters. The van der Waals surface area contributed by atoms with Gasteiger partial charge in [-0.25, -0.2) is 4.98 Å². The second-order valence-electron chi connectivity index (χ2n) is 4.72. The molecule has 104 valence electrons. The summed E-state index contributed by atoms with van der Waals surface area (Å²) < 4.78 is 0. The van der Waals surface area contributed by atoms with Crippen LogP contribution in [0.4, 0.5) is 5.69 Å². The lowest BCUT2D eigenvalue weighted by Gasteiger charge is -2.06. The van der Waals surface area contributed by atoms with Crippen LogP contribution in [0.2, 0.25) is 5.15 Å². The van der Waals surface area contributed by atoms with Crippen molar-refractivity contribution in [2.45, 2.75) is 26.2 Å². The van der Waals surface area contributed by atoms with Crippen LogP contribution in [-0.2, 0) is 11.2 Å². The Morgan fingerprint density at radius 1 is 1.30 bits per heavy atom. The molecule has 2 aromatic rings. The number of benzene rings is 1. The summed E-state index contributed by atoms with van der Waals surface area (Å²) in [5, 5.41) is 3.30. The van der Waals surface area contributed by atoms with Gasteiger partial charge in [0.1, 0.15) is 5.15 Å². The first kappa shape index (κ1) is 14.5. The van der Waals surface area contributed by atoms with Crippen LogP contribution in [0.5, 0.6) is 0 Å². The highest BCUT2D eigenvalue weighted by Gasteiger charge is 2.04. The standard InChI is InChI=1S/C16H17ClN2O/c1-12-10-14(11-18-16(12)17)19-15(20)9-5-8-13-6-3-2-4-7-13/h2-4,6-7,10-11H,5,8-9H2,1H3,(H,19,20). The fourth-order valence-corrected chi connectivity index (χ4v) is 2.05. The van der Waals surface area contributed by atoms with E-state index >= 15 is 0 Å². The number of nitrogens with one attached hydrogen (secondary N) is 1. The smallest absolute Gasteiger partial charge is 0.224 e. The van der Waals surface area contributed by atoms with E-state index in [1.54, 1.807) is 6.20 Å². The highest BCUT2D eigenvalue weighted by atomic mass is 35.5. The van der Waals surface area contributed by atoms with E-state index < -0.39 is 0 Å². The number of hydrogen-bond acceptors (Lipinski definition) is 2. The minimum atomic E-state index is 0.00412. The summed E-state index contributed by atoms with van der Waals surface area (Å²) in [4.78, 5) is 15.8. The number of rotatable bonds is 5. The molecular formula is C16H17ClN2O. The molecule has 0 atom stereocenters. The Morgan fingerprint density at radius 2 is 2.05 bits per heavy atom. The number of halogens is 1. The summed E-state index contributed by atoms with van der Waals surface area (Å²) in [6, 6.07) is 12.0. The van der Waals surface area contributed by atoms with E-state index in [0.717, 1.165) is 18.4 Å². The molecule has 1 aromatic heterocycles. The minimum absolute atomic E-state index is 0.00412. The third-order valence-electron chi connectivity index (χ3n) is 3.01. The van der Waals surface area contributed by atoms with Gasteiger partial charge in [-0.1, -0.05) is 41.9 Å². The van der Waals surface area contributed by atoms with Crippen LogP contribution in [0.25, 0.3) is 0 Å². The van der Waals surface area contributed by atoms with Crippen LogP contribution in [-0.4, -0.2) is 10.9 Å². The SMILES string of the molecule is Cc1cc(NC(=O)CCCc2ccccc2)cnc1Cl. The number of pyridine rings is 1. The largest absolute Gasteiger partial charge is 0.325 e. The van der Waals surface area contributed by atoms with Crippen LogP contribution in [0.3, 0.4) is 0 Å². The minimum Gasteiger partial charge on any atom is -0.325 e. The summed E-state index contributed by atoms with van der Waals surface area (Å²) >= 11 is 5.84. The van der Waals surface area contributed by atoms with Crippen molar-refractivity contribution in [2.24, 2.45) is 0 Å². The van der Waals surface area contributed by atoms with Gasteiger partial charge in [-0.15, -0.1) is 0 Å². The van der Waals surface area contributed by atoms with Gasteiger partial charge in [0.25, 0.3) is 0 Å². The monoisotopic (exact) mass is 288 g/mol. The van der Waals surface area contributed by atoms with E-state index in [1.165, 1.54) is 5.56 Å². The highest BCUT2D eigenvalue weighted by molar-refractivity contribution is 6.30. The average molecular weight is 289 g/mol. The molecular weight excluding hydrogens is 272 g/mol. The Kier molecular flexibility index (Phi) is 5.13. The van der Waals surface area contributed by atoms with E-state index in [1.807, 2.05) is 31.2 Å². The van der Waals surface area contributed by atoms with Crippen molar-refractivity contribution in [3.63, 3.8) is 0 Å². The van der Waals surface area contributed by atoms with Gasteiger partial charge < -0.3 is 5.32 Å². The fraction of sp³-hybridized carbons (Fsp3) is 0.250. The number of carbonyl (C=O) groups is 1. The summed E-state index contributed by atoms with van der Waals surface area (Å²) in [7, 11) is 0. The maximum atomic E-state index is 11.8. The molecule has 0 bridgehead atoms. The molecule has 0 fully saturated rings. The van der Waals surface area contributed by atoms with Crippen molar-refractivity contribution < 1.29 is 4.79 Å². The molecule has 0 spiro atoms. The van der Waals surface area contributed by atoms with Gasteiger partial charge in [0.05, 0.1) is 11.9 Å². The zero-order valence-corrected chi connectivity index (χ0v) is 12.2. The molecule has 4 heteroatoms. The van der Waals surface area contributed by atoms with Gasteiger partial charge in [-0.3, -0.25) is 4.79 Å². The van der Waals surface area contributed by atoms with Crippen molar-refractivity contribution in [3.8, 4) is 0 Å². The molecule has 3 nitrogen and oxygen atoms in total. The van der Waals surface area contributed by atoms with Gasteiger partial charge in [0.15, 0.2) is 0 Å². The van der Waals surface area contributed by atoms with Gasteiger partial charge in [0.2, 0.25) is 5.91 Å². The van der Waals surface area contributed by atoms with Gasteiger partial charge >= 0.3 is 0 Å². The van der Waals surface area contributed by atoms with E-state index in [4.69, 9.17) is 11.6 Å². The second kappa shape index (κ2) is 7.06. The zero-order chi connectivity index (χ0) is 14.4. The third kappa shape index (κ3) is 4.35. The lowest BCUT2D eigenvalue weighted by atomic mass is 10.1. The molecule has 20 heavy (non-hydrogen) atoms. The number of anilines is 1. The van der Waals surface area contributed by atoms with Crippen LogP contribution >= 0.6 is 11.6 Å². The van der Waals surface area contributed by atoms with Crippen molar-refractivity contribution in [1.82, 2.24) is 4.98 Å². The Labute approximate surface area is 124 Å². The van der Waals surface area contributed by atoms with Gasteiger partial charge in [-0.2, -0.15) is 0 Å². The van der Waals surface area contributed by atoms with Crippen molar-refractivity contribution in [3.05, 3.63) is 58.9 Å². The highest BCUT2D eigenvalue weighted by Crippen LogP contribution is 2.16. The molecule has 0 aliphatic carbocycles. The van der Waals surface area contributed by atoms with Crippen LogP contribution in [0.15, 0.2) is 42.6 Å². The molecule has 1 N–H and O–H groups in total. The summed E-state index contributed by atoms with van der Waals surface area (Å²) in [6.07, 6.45) is 3.81. The van der Waals surface area contributed by atoms with E-state index in [9.17, 15) is 4.79 Å². The number of hydrogen-bond donors (Lipinski definition) is 1. The zero-order valence-electron chi connectivity index (χ0n) is 11.4. The molecule has 0 radical (unpaired) electrons. The first-order valence-electron chi connectivity index (χ1n) is 6.61. The molecule has 1 aromatic carbocycles. The maximum absolute atomic E-state index is 11.8. The Bertz CT molecular complexity index is 584. The Morgan fingerprint density at radius 3 is 2.75 bits per heavy atom. The van der Waals surface area contributed by atoms with E-state index in [-0.39, 0.29) is 5.91 Å². The number of amides is 1. The summed E-state index contributed by atoms with van der Waals surface area (Å²) in [5.74, 6) is 0.00412. The van der Waals surface area contributed by atoms with Crippen molar-refractivity contribution in [2.75, 3.05) is 5.32 Å². The van der Waals surface area contributed by atoms with Crippen LogP contribution < -0.4 is 5.32 Å². The average Bonchev–Trinajstić information content (AvgIpc) is 2.44. The predicted molar refractivity (Wildman–Crippen MR) is 82.0 cm³/mol. The topological polar surface area (TPSA) is 42.0 Å². The molecule has 1 amide bonds. The Balaban J connectivity index is 1.79. The van der Waals surface area contributed by atoms with Crippen LogP contribution in [0, 0.1) is 6.92 Å². The van der Waals surface area contributed by atoms with Crippen molar-refractivity contribution in [1.29, 1.82) is 0 Å². The maximum Gasteiger partial charge on any atom is 0.224 e. The number of nitrogens with zero attached hydrogens (tertiary/aromatic N) is 1. The molecule has 0 saturated carbocycles. The fourth-order valence-electron chi connectivity index (χ4n) is 1.95. The first-order chi connectivity index (χ1) is 9.65. The quantitative estimate of drug-likeness (QED) is 0.845. The summed E-state index contributed by atoms with van der Waals surface area (Å²) in [5.41, 5.74) is 2.80. The van der Waals surface area contributed by atoms with E-state index in [2.05, 4.69) is 22.4 Å². The predicted octanol–water partition coefficient (Wildman–Crippen LogP) is 4.00. The molecule has 0 saturated heterocycles. The number of aromatic nitrogens is 1. The lowest BCUT2D eigenvalue weighted by molar-refractivity contribution is -0.116. The normalized spacial score (nSPS) is 10.3. The molecule has 0 aliphatic heterocycles. The Hall–Kier alpha value is -1.87. The molecule has 2 rings (SSSR count). The van der Waals surface area contributed by atoms with Crippen molar-refractivity contribution >= 4 is 23.2 Å².